The predicted octanol–water partition coefficient (Wildman–Crippen LogP) is 3.89. The zero-order valence-electron chi connectivity index (χ0n) is 12.8. The highest BCUT2D eigenvalue weighted by Gasteiger charge is 2.45. The Labute approximate surface area is 139 Å². The Morgan fingerprint density at radius 1 is 0.667 bits per heavy atom. The van der Waals surface area contributed by atoms with Crippen LogP contribution in [0.4, 0.5) is 0 Å². The first kappa shape index (κ1) is 13.4. The van der Waals surface area contributed by atoms with Crippen LogP contribution in [-0.2, 0) is 5.60 Å². The minimum atomic E-state index is -1.27. The summed E-state index contributed by atoms with van der Waals surface area (Å²) in [7, 11) is 0. The average Bonchev–Trinajstić information content (AvgIpc) is 2.91. The van der Waals surface area contributed by atoms with Gasteiger partial charge in [0.15, 0.2) is 5.60 Å². The minimum absolute atomic E-state index is 0.605. The molecule has 0 spiro atoms. The van der Waals surface area contributed by atoms with Gasteiger partial charge in [0.1, 0.15) is 5.69 Å². The Morgan fingerprint density at radius 3 is 2.08 bits per heavy atom. The second-order valence-corrected chi connectivity index (χ2v) is 6.03. The van der Waals surface area contributed by atoms with Crippen molar-refractivity contribution in [3.05, 3.63) is 95.7 Å². The van der Waals surface area contributed by atoms with Gasteiger partial charge in [0.2, 0.25) is 0 Å². The van der Waals surface area contributed by atoms with Crippen LogP contribution >= 0.6 is 0 Å². The van der Waals surface area contributed by atoms with Crippen molar-refractivity contribution in [2.75, 3.05) is 0 Å². The molecule has 24 heavy (non-hydrogen) atoms. The van der Waals surface area contributed by atoms with E-state index >= 15 is 0 Å². The second kappa shape index (κ2) is 4.73. The summed E-state index contributed by atoms with van der Waals surface area (Å²) in [6, 6.07) is 25.3. The van der Waals surface area contributed by atoms with Gasteiger partial charge >= 0.3 is 0 Å². The maximum Gasteiger partial charge on any atom is 0.160 e. The van der Waals surface area contributed by atoms with E-state index in [0.29, 0.717) is 5.69 Å². The van der Waals surface area contributed by atoms with Gasteiger partial charge in [-0.2, -0.15) is 0 Å². The van der Waals surface area contributed by atoms with Crippen LogP contribution in [0.15, 0.2) is 78.9 Å². The van der Waals surface area contributed by atoms with Crippen LogP contribution in [-0.4, -0.2) is 15.1 Å². The first-order valence-electron chi connectivity index (χ1n) is 7.93. The normalized spacial score (nSPS) is 18.4. The van der Waals surface area contributed by atoms with Gasteiger partial charge in [-0.05, 0) is 17.7 Å². The van der Waals surface area contributed by atoms with Crippen molar-refractivity contribution in [1.82, 2.24) is 9.97 Å². The third-order valence-corrected chi connectivity index (χ3v) is 4.68. The molecular weight excluding hydrogens is 296 g/mol. The SMILES string of the molecule is OC1(c2ccccc2)c2ccccc2-c2nc3ccccc3nc21. The highest BCUT2D eigenvalue weighted by atomic mass is 16.3. The summed E-state index contributed by atoms with van der Waals surface area (Å²) in [4.78, 5) is 9.58. The van der Waals surface area contributed by atoms with Gasteiger partial charge in [-0.15, -0.1) is 0 Å². The van der Waals surface area contributed by atoms with Crippen LogP contribution in [0.1, 0.15) is 16.8 Å². The summed E-state index contributed by atoms with van der Waals surface area (Å²) in [5, 5.41) is 11.7. The fourth-order valence-electron chi connectivity index (χ4n) is 3.54. The van der Waals surface area contributed by atoms with Gasteiger partial charge in [-0.25, -0.2) is 9.97 Å². The number of benzene rings is 3. The van der Waals surface area contributed by atoms with Crippen LogP contribution in [0, 0.1) is 0 Å². The molecule has 114 valence electrons. The van der Waals surface area contributed by atoms with Gasteiger partial charge in [0.05, 0.1) is 16.7 Å². The summed E-state index contributed by atoms with van der Waals surface area (Å²) in [6.07, 6.45) is 0. The smallest absolute Gasteiger partial charge is 0.160 e. The highest BCUT2D eigenvalue weighted by molar-refractivity contribution is 5.84. The lowest BCUT2D eigenvalue weighted by Crippen LogP contribution is -2.27. The minimum Gasteiger partial charge on any atom is -0.374 e. The van der Waals surface area contributed by atoms with Gasteiger partial charge in [0.25, 0.3) is 0 Å². The molecule has 1 aliphatic carbocycles. The third kappa shape index (κ3) is 1.65. The molecule has 1 aliphatic rings. The van der Waals surface area contributed by atoms with Crippen LogP contribution in [0.2, 0.25) is 0 Å². The van der Waals surface area contributed by atoms with Crippen molar-refractivity contribution >= 4 is 11.0 Å². The van der Waals surface area contributed by atoms with E-state index < -0.39 is 5.60 Å². The average molecular weight is 310 g/mol. The van der Waals surface area contributed by atoms with E-state index in [9.17, 15) is 5.11 Å². The van der Waals surface area contributed by atoms with Crippen molar-refractivity contribution in [2.24, 2.45) is 0 Å². The summed E-state index contributed by atoms with van der Waals surface area (Å²) >= 11 is 0. The standard InChI is InChI=1S/C21H14N2O/c24-21(14-8-2-1-3-9-14)16-11-5-4-10-15(16)19-20(21)23-18-13-7-6-12-17(18)22-19/h1-13,24H. The lowest BCUT2D eigenvalue weighted by atomic mass is 9.87. The summed E-state index contributed by atoms with van der Waals surface area (Å²) in [5.74, 6) is 0. The third-order valence-electron chi connectivity index (χ3n) is 4.68. The first-order chi connectivity index (χ1) is 11.8. The van der Waals surface area contributed by atoms with E-state index in [1.165, 1.54) is 0 Å². The van der Waals surface area contributed by atoms with Crippen molar-refractivity contribution in [1.29, 1.82) is 0 Å². The Morgan fingerprint density at radius 2 is 1.29 bits per heavy atom. The maximum absolute atomic E-state index is 11.7. The Hall–Kier alpha value is -3.04. The van der Waals surface area contributed by atoms with Crippen LogP contribution in [0.25, 0.3) is 22.3 Å². The van der Waals surface area contributed by atoms with Crippen LogP contribution < -0.4 is 0 Å². The molecule has 0 fully saturated rings. The zero-order chi connectivity index (χ0) is 16.1. The predicted molar refractivity (Wildman–Crippen MR) is 93.5 cm³/mol. The largest absolute Gasteiger partial charge is 0.374 e. The molecule has 0 bridgehead atoms. The number of hydrogen-bond donors (Lipinski definition) is 1. The lowest BCUT2D eigenvalue weighted by molar-refractivity contribution is 0.126. The van der Waals surface area contributed by atoms with E-state index in [1.54, 1.807) is 0 Å². The molecular formula is C21H14N2O. The van der Waals surface area contributed by atoms with E-state index in [4.69, 9.17) is 9.97 Å². The van der Waals surface area contributed by atoms with Gasteiger partial charge < -0.3 is 5.11 Å². The molecule has 0 saturated heterocycles. The summed E-state index contributed by atoms with van der Waals surface area (Å²) in [6.45, 7) is 0. The van der Waals surface area contributed by atoms with Crippen molar-refractivity contribution in [2.45, 2.75) is 5.60 Å². The highest BCUT2D eigenvalue weighted by Crippen LogP contribution is 2.49. The Kier molecular flexibility index (Phi) is 2.64. The number of para-hydroxylation sites is 2. The molecule has 4 aromatic rings. The first-order valence-corrected chi connectivity index (χ1v) is 7.93. The molecule has 5 rings (SSSR count). The van der Waals surface area contributed by atoms with Crippen LogP contribution in [0.3, 0.4) is 0 Å². The topological polar surface area (TPSA) is 46.0 Å². The van der Waals surface area contributed by atoms with E-state index in [2.05, 4.69) is 0 Å². The van der Waals surface area contributed by atoms with Gasteiger partial charge in [-0.1, -0.05) is 66.7 Å². The van der Waals surface area contributed by atoms with E-state index in [1.807, 2.05) is 78.9 Å². The van der Waals surface area contributed by atoms with Gasteiger partial charge in [0, 0.05) is 11.1 Å². The Balaban J connectivity index is 1.92. The molecule has 3 heteroatoms. The fourth-order valence-corrected chi connectivity index (χ4v) is 3.54. The van der Waals surface area contributed by atoms with Crippen molar-refractivity contribution < 1.29 is 5.11 Å². The molecule has 1 aromatic heterocycles. The van der Waals surface area contributed by atoms with E-state index in [-0.39, 0.29) is 0 Å². The number of aromatic nitrogens is 2. The molecule has 0 amide bonds. The number of aliphatic hydroxyl groups is 1. The molecule has 1 atom stereocenters. The summed E-state index contributed by atoms with van der Waals surface area (Å²) in [5.41, 5.74) is 4.30. The fraction of sp³-hybridized carbons (Fsp3) is 0.0476. The molecule has 0 saturated carbocycles. The van der Waals surface area contributed by atoms with Crippen molar-refractivity contribution in [3.63, 3.8) is 0 Å². The molecule has 3 nitrogen and oxygen atoms in total. The quantitative estimate of drug-likeness (QED) is 0.580. The summed E-state index contributed by atoms with van der Waals surface area (Å²) < 4.78 is 0. The number of rotatable bonds is 1. The molecule has 1 heterocycles. The number of nitrogens with zero attached hydrogens (tertiary/aromatic N) is 2. The Bertz CT molecular complexity index is 1080. The zero-order valence-corrected chi connectivity index (χ0v) is 12.8. The molecule has 0 aliphatic heterocycles. The number of hydrogen-bond acceptors (Lipinski definition) is 3. The molecule has 0 radical (unpaired) electrons. The van der Waals surface area contributed by atoms with Crippen molar-refractivity contribution in [3.8, 4) is 11.3 Å². The number of fused-ring (bicyclic) bond motifs is 4. The molecule has 3 aromatic carbocycles. The maximum atomic E-state index is 11.7. The molecule has 1 unspecified atom stereocenters. The molecule has 1 N–H and O–H groups in total. The second-order valence-electron chi connectivity index (χ2n) is 6.03. The monoisotopic (exact) mass is 310 g/mol. The van der Waals surface area contributed by atoms with E-state index in [0.717, 1.165) is 33.4 Å². The van der Waals surface area contributed by atoms with Gasteiger partial charge in [-0.3, -0.25) is 0 Å². The van der Waals surface area contributed by atoms with Crippen LogP contribution in [0.5, 0.6) is 0 Å². The lowest BCUT2D eigenvalue weighted by Gasteiger charge is -2.25.